The van der Waals surface area contributed by atoms with E-state index in [0.717, 1.165) is 50.9 Å². The lowest BCUT2D eigenvalue weighted by atomic mass is 9.87. The van der Waals surface area contributed by atoms with Crippen LogP contribution in [-0.2, 0) is 19.0 Å². The number of aliphatic imine (C=N–C) groups is 1. The second-order valence-corrected chi connectivity index (χ2v) is 11.7. The van der Waals surface area contributed by atoms with E-state index >= 15 is 0 Å². The Balaban J connectivity index is 1.28. The number of piperidine rings is 1. The van der Waals surface area contributed by atoms with E-state index in [1.165, 1.54) is 6.08 Å². The van der Waals surface area contributed by atoms with Crippen LogP contribution in [0.15, 0.2) is 52.3 Å². The normalized spacial score (nSPS) is 29.7. The zero-order valence-corrected chi connectivity index (χ0v) is 25.2. The summed E-state index contributed by atoms with van der Waals surface area (Å²) in [6.45, 7) is 8.89. The third-order valence-corrected chi connectivity index (χ3v) is 8.92. The number of nitrogens with two attached hydrogens (primary N) is 1. The molecule has 0 aromatic heterocycles. The number of rotatable bonds is 10. The molecule has 1 unspecified atom stereocenters. The highest BCUT2D eigenvalue weighted by Crippen LogP contribution is 2.35. The lowest BCUT2D eigenvalue weighted by Gasteiger charge is -2.38. The highest BCUT2D eigenvalue weighted by molar-refractivity contribution is 5.95. The fourth-order valence-corrected chi connectivity index (χ4v) is 6.25. The molecule has 1 aliphatic carbocycles. The van der Waals surface area contributed by atoms with E-state index in [4.69, 9.17) is 19.9 Å². The maximum Gasteiger partial charge on any atom is 0.416 e. The lowest BCUT2D eigenvalue weighted by molar-refractivity contribution is -0.128. The summed E-state index contributed by atoms with van der Waals surface area (Å²) in [7, 11) is 1.70. The van der Waals surface area contributed by atoms with Crippen molar-refractivity contribution in [3.8, 4) is 0 Å². The Kier molecular flexibility index (Phi) is 11.9. The molecule has 3 fully saturated rings. The Labute approximate surface area is 252 Å². The molecule has 0 saturated carbocycles. The topological polar surface area (TPSA) is 110 Å². The average Bonchev–Trinajstić information content (AvgIpc) is 3.02. The van der Waals surface area contributed by atoms with Crippen LogP contribution in [0.1, 0.15) is 51.9 Å². The Bertz CT molecular complexity index is 1100. The van der Waals surface area contributed by atoms with Gasteiger partial charge in [-0.25, -0.2) is 4.99 Å². The molecule has 4 aliphatic rings. The molecule has 0 spiro atoms. The van der Waals surface area contributed by atoms with Crippen molar-refractivity contribution >= 4 is 12.2 Å². The molecule has 0 bridgehead atoms. The van der Waals surface area contributed by atoms with Gasteiger partial charge in [0.2, 0.25) is 0 Å². The van der Waals surface area contributed by atoms with Crippen LogP contribution in [0.2, 0.25) is 0 Å². The number of allylic oxidation sites excluding steroid dienone is 4. The van der Waals surface area contributed by atoms with E-state index in [-0.39, 0.29) is 41.9 Å². The van der Waals surface area contributed by atoms with E-state index in [9.17, 15) is 18.0 Å². The van der Waals surface area contributed by atoms with Crippen LogP contribution in [0.25, 0.3) is 0 Å². The van der Waals surface area contributed by atoms with Gasteiger partial charge in [-0.15, -0.1) is 0 Å². The molecular weight excluding hydrogens is 563 g/mol. The summed E-state index contributed by atoms with van der Waals surface area (Å²) in [6, 6.07) is 0.528. The van der Waals surface area contributed by atoms with Gasteiger partial charge in [-0.05, 0) is 51.9 Å². The number of likely N-dealkylation sites (tertiary alicyclic amines) is 1. The van der Waals surface area contributed by atoms with Crippen molar-refractivity contribution in [2.75, 3.05) is 40.0 Å². The number of ether oxygens (including phenoxy) is 3. The highest BCUT2D eigenvalue weighted by atomic mass is 19.4. The fourth-order valence-electron chi connectivity index (χ4n) is 6.25. The maximum atomic E-state index is 13.5. The maximum absolute atomic E-state index is 13.5. The predicted molar refractivity (Wildman–Crippen MR) is 159 cm³/mol. The first kappa shape index (κ1) is 33.2. The van der Waals surface area contributed by atoms with E-state index in [1.807, 2.05) is 0 Å². The number of nitrogens with one attached hydrogen (secondary N) is 2. The van der Waals surface area contributed by atoms with Crippen LogP contribution < -0.4 is 16.4 Å². The number of nitrogens with zero attached hydrogens (tertiary/aromatic N) is 2. The summed E-state index contributed by atoms with van der Waals surface area (Å²) in [5, 5.41) is 6.99. The van der Waals surface area contributed by atoms with Crippen LogP contribution in [-0.4, -0.2) is 93.7 Å². The summed E-state index contributed by atoms with van der Waals surface area (Å²) < 4.78 is 56.3. The molecule has 4 N–H and O–H groups in total. The first-order valence-corrected chi connectivity index (χ1v) is 15.3. The van der Waals surface area contributed by atoms with Crippen molar-refractivity contribution in [2.24, 2.45) is 16.6 Å². The Hall–Kier alpha value is -2.67. The van der Waals surface area contributed by atoms with E-state index in [1.54, 1.807) is 25.0 Å². The SMILES string of the molecule is C=C(NC[C@H]1CCC[C@@H](C2C=CC(C(F)(F)F)=CC2)O1)/C(C)=C(\N=CN)C(=O)N1CCC(N[C@H]2CCOC[C@H]2OC)CC1. The van der Waals surface area contributed by atoms with Crippen molar-refractivity contribution in [3.63, 3.8) is 0 Å². The van der Waals surface area contributed by atoms with Crippen molar-refractivity contribution in [2.45, 2.75) is 88.4 Å². The van der Waals surface area contributed by atoms with E-state index in [2.05, 4.69) is 22.2 Å². The average molecular weight is 610 g/mol. The van der Waals surface area contributed by atoms with Crippen molar-refractivity contribution in [1.29, 1.82) is 0 Å². The molecule has 0 aromatic carbocycles. The monoisotopic (exact) mass is 609 g/mol. The van der Waals surface area contributed by atoms with Gasteiger partial charge < -0.3 is 35.5 Å². The molecular formula is C31H46F3N5O4. The van der Waals surface area contributed by atoms with Crippen LogP contribution in [0.3, 0.4) is 0 Å². The van der Waals surface area contributed by atoms with Gasteiger partial charge in [0.25, 0.3) is 5.91 Å². The third kappa shape index (κ3) is 8.93. The van der Waals surface area contributed by atoms with Crippen LogP contribution >= 0.6 is 0 Å². The molecule has 3 aliphatic heterocycles. The van der Waals surface area contributed by atoms with Crippen molar-refractivity contribution in [3.05, 3.63) is 47.3 Å². The molecule has 3 saturated heterocycles. The summed E-state index contributed by atoms with van der Waals surface area (Å²) in [5.41, 5.74) is 6.43. The molecule has 240 valence electrons. The minimum absolute atomic E-state index is 0.0284. The molecule has 12 heteroatoms. The highest BCUT2D eigenvalue weighted by Gasteiger charge is 2.36. The number of halogens is 3. The zero-order valence-electron chi connectivity index (χ0n) is 25.2. The van der Waals surface area contributed by atoms with Gasteiger partial charge in [0, 0.05) is 62.6 Å². The summed E-state index contributed by atoms with van der Waals surface area (Å²) in [5.74, 6) is -0.273. The lowest BCUT2D eigenvalue weighted by Crippen LogP contribution is -2.54. The van der Waals surface area contributed by atoms with Gasteiger partial charge in [-0.3, -0.25) is 4.79 Å². The van der Waals surface area contributed by atoms with Crippen LogP contribution in [0.4, 0.5) is 13.2 Å². The molecule has 0 aromatic rings. The Morgan fingerprint density at radius 2 is 2.02 bits per heavy atom. The second kappa shape index (κ2) is 15.4. The number of alkyl halides is 3. The van der Waals surface area contributed by atoms with Gasteiger partial charge >= 0.3 is 6.18 Å². The number of hydrogen-bond donors (Lipinski definition) is 3. The Morgan fingerprint density at radius 3 is 2.67 bits per heavy atom. The minimum Gasteiger partial charge on any atom is -0.390 e. The first-order chi connectivity index (χ1) is 20.6. The summed E-state index contributed by atoms with van der Waals surface area (Å²) in [4.78, 5) is 19.5. The minimum atomic E-state index is -4.33. The molecule has 1 amide bonds. The van der Waals surface area contributed by atoms with Gasteiger partial charge in [-0.2, -0.15) is 13.2 Å². The number of hydrogen-bond acceptors (Lipinski definition) is 7. The Morgan fingerprint density at radius 1 is 1.26 bits per heavy atom. The van der Waals surface area contributed by atoms with Gasteiger partial charge in [-0.1, -0.05) is 24.8 Å². The predicted octanol–water partition coefficient (Wildman–Crippen LogP) is 3.74. The standard InChI is InChI=1S/C31H46F3N5O4/c1-20(21(2)36-17-25-5-4-6-27(43-25)22-7-9-23(10-8-22)31(32,33)34)29(37-19-35)30(40)39-14-11-24(12-15-39)38-26-13-16-42-18-28(26)41-3/h7,9-10,19,22,24-28,36,38H,2,4-6,8,11-18H2,1,3H3,(H2,35,37)/b29-20-/t22?,25-,26+,27+,28-/m1/s1. The third-order valence-electron chi connectivity index (χ3n) is 8.92. The molecule has 4 rings (SSSR count). The van der Waals surface area contributed by atoms with Crippen LogP contribution in [0, 0.1) is 5.92 Å². The number of amides is 1. The summed E-state index contributed by atoms with van der Waals surface area (Å²) in [6.07, 6.45) is 6.00. The van der Waals surface area contributed by atoms with E-state index in [0.29, 0.717) is 56.6 Å². The van der Waals surface area contributed by atoms with E-state index < -0.39 is 11.7 Å². The number of carbonyl (C=O) groups excluding carboxylic acids is 1. The molecule has 0 radical (unpaired) electrons. The van der Waals surface area contributed by atoms with Crippen molar-refractivity contribution in [1.82, 2.24) is 15.5 Å². The first-order valence-electron chi connectivity index (χ1n) is 15.3. The molecule has 43 heavy (non-hydrogen) atoms. The molecule has 3 heterocycles. The molecule has 5 atom stereocenters. The summed E-state index contributed by atoms with van der Waals surface area (Å²) >= 11 is 0. The van der Waals surface area contributed by atoms with Gasteiger partial charge in [0.15, 0.2) is 0 Å². The fraction of sp³-hybridized carbons (Fsp3) is 0.677. The van der Waals surface area contributed by atoms with Gasteiger partial charge in [0.1, 0.15) is 5.70 Å². The smallest absolute Gasteiger partial charge is 0.390 e. The van der Waals surface area contributed by atoms with Gasteiger partial charge in [0.05, 0.1) is 36.8 Å². The quantitative estimate of drug-likeness (QED) is 0.150. The second-order valence-electron chi connectivity index (χ2n) is 11.7. The number of carbonyl (C=O) groups is 1. The van der Waals surface area contributed by atoms with Crippen molar-refractivity contribution < 1.29 is 32.2 Å². The number of methoxy groups -OCH3 is 1. The zero-order chi connectivity index (χ0) is 31.0. The molecule has 9 nitrogen and oxygen atoms in total. The van der Waals surface area contributed by atoms with Crippen LogP contribution in [0.5, 0.6) is 0 Å². The largest absolute Gasteiger partial charge is 0.416 e.